The summed E-state index contributed by atoms with van der Waals surface area (Å²) in [5, 5.41) is 0. The van der Waals surface area contributed by atoms with Crippen LogP contribution in [0.4, 0.5) is 11.4 Å². The highest BCUT2D eigenvalue weighted by atomic mass is 16.2. The van der Waals surface area contributed by atoms with Gasteiger partial charge in [-0.2, -0.15) is 0 Å². The van der Waals surface area contributed by atoms with Crippen LogP contribution in [0.25, 0.3) is 0 Å². The molecule has 34 heavy (non-hydrogen) atoms. The largest absolute Gasteiger partial charge is 0.315 e. The van der Waals surface area contributed by atoms with Crippen LogP contribution in [-0.2, 0) is 19.2 Å². The maximum atomic E-state index is 13.1. The molecule has 3 heterocycles. The quantitative estimate of drug-likeness (QED) is 0.574. The zero-order valence-corrected chi connectivity index (χ0v) is 19.5. The minimum atomic E-state index is -0.389. The maximum absolute atomic E-state index is 13.1. The summed E-state index contributed by atoms with van der Waals surface area (Å²) in [7, 11) is 0. The number of nitrogens with zero attached hydrogens (tertiary/aromatic N) is 2. The minimum Gasteiger partial charge on any atom is -0.315 e. The van der Waals surface area contributed by atoms with Crippen LogP contribution in [-0.4, -0.2) is 61.9 Å². The van der Waals surface area contributed by atoms with E-state index in [1.54, 1.807) is 0 Å². The lowest BCUT2D eigenvalue weighted by Crippen LogP contribution is -3.31. The minimum absolute atomic E-state index is 0.148. The van der Waals surface area contributed by atoms with Crippen LogP contribution >= 0.6 is 0 Å². The molecule has 2 aromatic carbocycles. The molecule has 0 radical (unpaired) electrons. The zero-order valence-electron chi connectivity index (χ0n) is 19.5. The van der Waals surface area contributed by atoms with Crippen molar-refractivity contribution in [3.8, 4) is 0 Å². The molecule has 176 valence electrons. The number of amides is 4. The second kappa shape index (κ2) is 8.77. The van der Waals surface area contributed by atoms with Gasteiger partial charge < -0.3 is 9.80 Å². The number of hydrogen-bond donors (Lipinski definition) is 2. The first-order valence-electron chi connectivity index (χ1n) is 11.9. The SMILES string of the molecule is Cc1ccc(N2C(=O)C[C@@H]([NH+]3CC[NH+]([C@@H]4CC(=O)N(c5ccc(C)cc5)C4=O)CC3)C2=O)cc1. The average Bonchev–Trinajstić information content (AvgIpc) is 3.29. The van der Waals surface area contributed by atoms with Crippen LogP contribution < -0.4 is 19.6 Å². The van der Waals surface area contributed by atoms with E-state index < -0.39 is 0 Å². The molecule has 5 rings (SSSR count). The van der Waals surface area contributed by atoms with Crippen molar-refractivity contribution in [2.75, 3.05) is 36.0 Å². The number of benzene rings is 2. The number of piperazine rings is 1. The molecule has 0 unspecified atom stereocenters. The molecule has 0 aromatic heterocycles. The number of imide groups is 2. The van der Waals surface area contributed by atoms with Crippen LogP contribution in [0.15, 0.2) is 48.5 Å². The van der Waals surface area contributed by atoms with E-state index in [1.165, 1.54) is 9.80 Å². The van der Waals surface area contributed by atoms with Crippen LogP contribution in [0.3, 0.4) is 0 Å². The van der Waals surface area contributed by atoms with Gasteiger partial charge in [-0.3, -0.25) is 19.2 Å². The van der Waals surface area contributed by atoms with E-state index in [-0.39, 0.29) is 48.6 Å². The molecule has 8 nitrogen and oxygen atoms in total. The zero-order chi connectivity index (χ0) is 24.0. The Bertz CT molecular complexity index is 1040. The Morgan fingerprint density at radius 2 is 0.912 bits per heavy atom. The fraction of sp³-hybridized carbons (Fsp3) is 0.385. The third-order valence-corrected chi connectivity index (χ3v) is 7.40. The summed E-state index contributed by atoms with van der Waals surface area (Å²) in [4.78, 5) is 56.4. The summed E-state index contributed by atoms with van der Waals surface area (Å²) in [5.74, 6) is -0.618. The number of hydrogen-bond acceptors (Lipinski definition) is 4. The standard InChI is InChI=1S/C26H28N4O4/c1-17-3-7-19(8-4-17)29-23(31)15-21(25(29)33)27-11-13-28(14-12-27)22-16-24(32)30(26(22)34)20-9-5-18(2)6-10-20/h3-10,21-22H,11-16H2,1-2H3/p+2/t21-,22-/m1/s1. The normalized spacial score (nSPS) is 27.7. The highest BCUT2D eigenvalue weighted by molar-refractivity contribution is 6.22. The summed E-state index contributed by atoms with van der Waals surface area (Å²) in [5.41, 5.74) is 3.39. The number of aryl methyl sites for hydroxylation is 2. The Morgan fingerprint density at radius 3 is 1.24 bits per heavy atom. The predicted octanol–water partition coefficient (Wildman–Crippen LogP) is -0.949. The number of carbonyl (C=O) groups excluding carboxylic acids is 4. The second-order valence-electron chi connectivity index (χ2n) is 9.64. The molecular weight excluding hydrogens is 432 g/mol. The first-order chi connectivity index (χ1) is 16.3. The smallest absolute Gasteiger partial charge is 0.292 e. The van der Waals surface area contributed by atoms with Crippen molar-refractivity contribution in [2.45, 2.75) is 38.8 Å². The molecule has 4 amide bonds. The van der Waals surface area contributed by atoms with Gasteiger partial charge in [-0.1, -0.05) is 35.4 Å². The van der Waals surface area contributed by atoms with Gasteiger partial charge >= 0.3 is 0 Å². The van der Waals surface area contributed by atoms with E-state index in [0.717, 1.165) is 20.9 Å². The van der Waals surface area contributed by atoms with Crippen LogP contribution in [0, 0.1) is 13.8 Å². The van der Waals surface area contributed by atoms with E-state index in [0.29, 0.717) is 37.6 Å². The van der Waals surface area contributed by atoms with Gasteiger partial charge in [-0.25, -0.2) is 9.80 Å². The van der Waals surface area contributed by atoms with Crippen molar-refractivity contribution in [3.05, 3.63) is 59.7 Å². The Kier molecular flexibility index (Phi) is 5.79. The molecule has 2 N–H and O–H groups in total. The molecule has 3 fully saturated rings. The van der Waals surface area contributed by atoms with Gasteiger partial charge in [0.25, 0.3) is 11.8 Å². The highest BCUT2D eigenvalue weighted by Gasteiger charge is 2.50. The van der Waals surface area contributed by atoms with Gasteiger partial charge in [0.2, 0.25) is 11.8 Å². The van der Waals surface area contributed by atoms with E-state index in [4.69, 9.17) is 0 Å². The molecule has 2 aromatic rings. The van der Waals surface area contributed by atoms with Crippen LogP contribution in [0.5, 0.6) is 0 Å². The van der Waals surface area contributed by atoms with Gasteiger partial charge in [0.15, 0.2) is 12.1 Å². The van der Waals surface area contributed by atoms with Gasteiger partial charge in [-0.15, -0.1) is 0 Å². The maximum Gasteiger partial charge on any atom is 0.292 e. The summed E-state index contributed by atoms with van der Waals surface area (Å²) in [6.45, 7) is 6.67. The molecular formula is C26H30N4O4+2. The van der Waals surface area contributed by atoms with Crippen molar-refractivity contribution in [3.63, 3.8) is 0 Å². The molecule has 2 atom stereocenters. The number of anilines is 2. The summed E-state index contributed by atoms with van der Waals surface area (Å²) in [6.07, 6.45) is 0.416. The monoisotopic (exact) mass is 462 g/mol. The third kappa shape index (κ3) is 3.93. The molecule has 0 aliphatic carbocycles. The van der Waals surface area contributed by atoms with Gasteiger partial charge in [-0.05, 0) is 38.1 Å². The molecule has 0 spiro atoms. The predicted molar refractivity (Wildman–Crippen MR) is 126 cm³/mol. The summed E-state index contributed by atoms with van der Waals surface area (Å²) >= 11 is 0. The van der Waals surface area contributed by atoms with E-state index in [2.05, 4.69) is 0 Å². The van der Waals surface area contributed by atoms with Gasteiger partial charge in [0, 0.05) is 0 Å². The van der Waals surface area contributed by atoms with E-state index in [1.807, 2.05) is 62.4 Å². The molecule has 8 heteroatoms. The number of carbonyl (C=O) groups is 4. The molecule has 0 saturated carbocycles. The third-order valence-electron chi connectivity index (χ3n) is 7.40. The second-order valence-corrected chi connectivity index (χ2v) is 9.64. The molecule has 0 bridgehead atoms. The summed E-state index contributed by atoms with van der Waals surface area (Å²) in [6, 6.07) is 14.1. The number of rotatable bonds is 4. The Morgan fingerprint density at radius 1 is 0.588 bits per heavy atom. The van der Waals surface area contributed by atoms with Crippen LogP contribution in [0.1, 0.15) is 24.0 Å². The van der Waals surface area contributed by atoms with Gasteiger partial charge in [0.1, 0.15) is 26.2 Å². The average molecular weight is 463 g/mol. The lowest BCUT2D eigenvalue weighted by molar-refractivity contribution is -1.02. The van der Waals surface area contributed by atoms with Crippen molar-refractivity contribution < 1.29 is 29.0 Å². The number of quaternary nitrogens is 2. The van der Waals surface area contributed by atoms with Crippen LogP contribution in [0.2, 0.25) is 0 Å². The van der Waals surface area contributed by atoms with Crippen molar-refractivity contribution >= 4 is 35.0 Å². The topological polar surface area (TPSA) is 83.6 Å². The molecule has 3 saturated heterocycles. The molecule has 3 aliphatic rings. The lowest BCUT2D eigenvalue weighted by Gasteiger charge is -2.34. The van der Waals surface area contributed by atoms with E-state index in [9.17, 15) is 19.2 Å². The molecule has 3 aliphatic heterocycles. The lowest BCUT2D eigenvalue weighted by atomic mass is 10.1. The Hall–Kier alpha value is -3.36. The van der Waals surface area contributed by atoms with Gasteiger partial charge in [0.05, 0.1) is 24.2 Å². The van der Waals surface area contributed by atoms with E-state index >= 15 is 0 Å². The Balaban J connectivity index is 1.23. The fourth-order valence-corrected chi connectivity index (χ4v) is 5.42. The van der Waals surface area contributed by atoms with Crippen molar-refractivity contribution in [1.82, 2.24) is 0 Å². The van der Waals surface area contributed by atoms with Crippen molar-refractivity contribution in [1.29, 1.82) is 0 Å². The fourth-order valence-electron chi connectivity index (χ4n) is 5.42. The van der Waals surface area contributed by atoms with Crippen molar-refractivity contribution in [2.24, 2.45) is 0 Å². The Labute approximate surface area is 198 Å². The first-order valence-corrected chi connectivity index (χ1v) is 11.9. The first kappa shape index (κ1) is 22.4. The summed E-state index contributed by atoms with van der Waals surface area (Å²) < 4.78 is 0. The number of nitrogens with one attached hydrogen (secondary N) is 2. The highest BCUT2D eigenvalue weighted by Crippen LogP contribution is 2.23.